The molecule has 3 rings (SSSR count). The van der Waals surface area contributed by atoms with Crippen LogP contribution in [0, 0.1) is 17.6 Å². The van der Waals surface area contributed by atoms with Crippen LogP contribution in [-0.2, 0) is 0 Å². The Labute approximate surface area is 188 Å². The monoisotopic (exact) mass is 674 g/mol. The minimum atomic E-state index is 0.324. The van der Waals surface area contributed by atoms with Gasteiger partial charge in [-0.15, -0.1) is 0 Å². The second-order valence-corrected chi connectivity index (χ2v) is 8.45. The van der Waals surface area contributed by atoms with Crippen LogP contribution in [0.2, 0.25) is 0 Å². The Balaban J connectivity index is 0.000000188. The molecule has 132 valence electrons. The number of rotatable bonds is 0. The molecule has 0 aliphatic carbocycles. The minimum absolute atomic E-state index is 0.324. The summed E-state index contributed by atoms with van der Waals surface area (Å²) in [5.41, 5.74) is 1.18. The number of aromatic hydroxyl groups is 3. The average Bonchev–Trinajstić information content (AvgIpc) is 2.58. The van der Waals surface area contributed by atoms with Gasteiger partial charge in [0.2, 0.25) is 0 Å². The Bertz CT molecular complexity index is 748. The summed E-state index contributed by atoms with van der Waals surface area (Å²) in [4.78, 5) is 0. The van der Waals surface area contributed by atoms with E-state index in [2.05, 4.69) is 67.8 Å². The number of hydrogen-bond acceptors (Lipinski definition) is 3. The van der Waals surface area contributed by atoms with Gasteiger partial charge in [-0.25, -0.2) is 0 Å². The number of benzene rings is 3. The maximum absolute atomic E-state index is 9.04. The third-order valence-corrected chi connectivity index (χ3v) is 5.28. The second kappa shape index (κ2) is 11.8. The van der Waals surface area contributed by atoms with Gasteiger partial charge in [0.05, 0.1) is 7.14 Å². The Kier molecular flexibility index (Phi) is 10.5. The molecule has 6 heteroatoms. The molecule has 3 N–H and O–H groups in total. The van der Waals surface area contributed by atoms with E-state index in [1.54, 1.807) is 30.3 Å². The van der Waals surface area contributed by atoms with Crippen LogP contribution in [0.4, 0.5) is 0 Å². The van der Waals surface area contributed by atoms with Crippen LogP contribution in [0.15, 0.2) is 66.7 Å². The highest BCUT2D eigenvalue weighted by molar-refractivity contribution is 14.1. The summed E-state index contributed by atoms with van der Waals surface area (Å²) in [5.74, 6) is 1.04. The Morgan fingerprint density at radius 1 is 0.640 bits per heavy atom. The zero-order valence-corrected chi connectivity index (χ0v) is 19.8. The standard InChI is InChI=1S/C7H7IO.2C6H5IO/c1-5-2-3-7(9)6(8)4-5;7-5-1-3-6(8)4-2-5;7-5-3-1-2-4-6(5)8/h2-4,9H,1H3;2*1-4,8H. The zero-order chi connectivity index (χ0) is 18.8. The molecule has 0 aromatic heterocycles. The van der Waals surface area contributed by atoms with E-state index in [0.717, 1.165) is 10.7 Å². The molecule has 0 heterocycles. The molecule has 0 saturated carbocycles. The van der Waals surface area contributed by atoms with Crippen molar-refractivity contribution in [2.75, 3.05) is 0 Å². The third kappa shape index (κ3) is 9.50. The lowest BCUT2D eigenvalue weighted by Gasteiger charge is -1.95. The molecule has 0 saturated heterocycles. The molecule has 0 amide bonds. The minimum Gasteiger partial charge on any atom is -0.508 e. The smallest absolute Gasteiger partial charge is 0.128 e. The van der Waals surface area contributed by atoms with Crippen LogP contribution < -0.4 is 0 Å². The summed E-state index contributed by atoms with van der Waals surface area (Å²) in [6.07, 6.45) is 0. The number of halogens is 3. The van der Waals surface area contributed by atoms with Gasteiger partial charge in [-0.1, -0.05) is 18.2 Å². The van der Waals surface area contributed by atoms with Gasteiger partial charge in [0.15, 0.2) is 0 Å². The fourth-order valence-corrected chi connectivity index (χ4v) is 2.92. The van der Waals surface area contributed by atoms with Crippen molar-refractivity contribution in [1.82, 2.24) is 0 Å². The van der Waals surface area contributed by atoms with Crippen LogP contribution in [0.3, 0.4) is 0 Å². The molecule has 0 radical (unpaired) electrons. The maximum atomic E-state index is 9.04. The van der Waals surface area contributed by atoms with Crippen LogP contribution in [0.1, 0.15) is 5.56 Å². The van der Waals surface area contributed by atoms with Crippen LogP contribution in [-0.4, -0.2) is 15.3 Å². The lowest BCUT2D eigenvalue weighted by atomic mass is 10.2. The first-order chi connectivity index (χ1) is 11.8. The molecule has 25 heavy (non-hydrogen) atoms. The predicted octanol–water partition coefficient (Wildman–Crippen LogP) is 6.30. The van der Waals surface area contributed by atoms with E-state index in [1.165, 1.54) is 5.56 Å². The molecule has 0 fully saturated rings. The Morgan fingerprint density at radius 3 is 1.60 bits per heavy atom. The molecular formula is C19H17I3O3. The summed E-state index contributed by atoms with van der Waals surface area (Å²) in [6, 6.07) is 19.8. The van der Waals surface area contributed by atoms with E-state index < -0.39 is 0 Å². The van der Waals surface area contributed by atoms with Gasteiger partial charge in [-0.2, -0.15) is 0 Å². The molecule has 3 aromatic carbocycles. The van der Waals surface area contributed by atoms with E-state index in [0.29, 0.717) is 17.2 Å². The predicted molar refractivity (Wildman–Crippen MR) is 127 cm³/mol. The normalized spacial score (nSPS) is 9.28. The van der Waals surface area contributed by atoms with Gasteiger partial charge in [0.1, 0.15) is 17.2 Å². The topological polar surface area (TPSA) is 60.7 Å². The highest BCUT2D eigenvalue weighted by Crippen LogP contribution is 2.19. The van der Waals surface area contributed by atoms with Crippen molar-refractivity contribution in [1.29, 1.82) is 0 Å². The summed E-state index contributed by atoms with van der Waals surface area (Å²) >= 11 is 6.36. The lowest BCUT2D eigenvalue weighted by molar-refractivity contribution is 0.471. The highest BCUT2D eigenvalue weighted by Gasteiger charge is 1.93. The Hall–Kier alpha value is -0.750. The molecule has 3 aromatic rings. The number of para-hydroxylation sites is 1. The average molecular weight is 674 g/mol. The van der Waals surface area contributed by atoms with E-state index in [9.17, 15) is 0 Å². The van der Waals surface area contributed by atoms with Crippen LogP contribution in [0.25, 0.3) is 0 Å². The summed E-state index contributed by atoms with van der Waals surface area (Å²) < 4.78 is 2.94. The number of aryl methyl sites for hydroxylation is 1. The fourth-order valence-electron chi connectivity index (χ4n) is 1.50. The van der Waals surface area contributed by atoms with Crippen LogP contribution in [0.5, 0.6) is 17.2 Å². The number of phenolic OH excluding ortho intramolecular Hbond substituents is 3. The third-order valence-electron chi connectivity index (χ3n) is 2.78. The molecule has 0 aliphatic heterocycles. The summed E-state index contributed by atoms with van der Waals surface area (Å²) in [7, 11) is 0. The largest absolute Gasteiger partial charge is 0.508 e. The van der Waals surface area contributed by atoms with Crippen LogP contribution >= 0.6 is 67.8 Å². The van der Waals surface area contributed by atoms with Crippen molar-refractivity contribution < 1.29 is 15.3 Å². The summed E-state index contributed by atoms with van der Waals surface area (Å²) in [6.45, 7) is 2.00. The van der Waals surface area contributed by atoms with Crippen molar-refractivity contribution in [3.8, 4) is 17.2 Å². The van der Waals surface area contributed by atoms with Crippen molar-refractivity contribution in [2.45, 2.75) is 6.92 Å². The SMILES string of the molecule is Cc1ccc(O)c(I)c1.Oc1ccc(I)cc1.Oc1ccccc1I. The molecule has 3 nitrogen and oxygen atoms in total. The molecule has 0 unspecified atom stereocenters. The second-order valence-electron chi connectivity index (χ2n) is 4.88. The first-order valence-corrected chi connectivity index (χ1v) is 10.4. The quantitative estimate of drug-likeness (QED) is 0.246. The first-order valence-electron chi connectivity index (χ1n) is 7.12. The van der Waals surface area contributed by atoms with Gasteiger partial charge < -0.3 is 15.3 Å². The number of hydrogen-bond donors (Lipinski definition) is 3. The molecule has 0 atom stereocenters. The van der Waals surface area contributed by atoms with Crippen molar-refractivity contribution in [2.24, 2.45) is 0 Å². The molecule has 0 spiro atoms. The van der Waals surface area contributed by atoms with E-state index >= 15 is 0 Å². The number of phenols is 3. The van der Waals surface area contributed by atoms with Gasteiger partial charge >= 0.3 is 0 Å². The van der Waals surface area contributed by atoms with E-state index in [1.807, 2.05) is 43.3 Å². The first kappa shape index (κ1) is 22.3. The lowest BCUT2D eigenvalue weighted by Crippen LogP contribution is -1.74. The van der Waals surface area contributed by atoms with Gasteiger partial charge in [0, 0.05) is 3.57 Å². The summed E-state index contributed by atoms with van der Waals surface area (Å²) in [5, 5.41) is 26.7. The molecule has 0 bridgehead atoms. The van der Waals surface area contributed by atoms with Gasteiger partial charge in [0.25, 0.3) is 0 Å². The molecule has 0 aliphatic rings. The van der Waals surface area contributed by atoms with Crippen molar-refractivity contribution >= 4 is 67.8 Å². The van der Waals surface area contributed by atoms with Crippen molar-refractivity contribution in [3.63, 3.8) is 0 Å². The van der Waals surface area contributed by atoms with E-state index in [4.69, 9.17) is 15.3 Å². The zero-order valence-electron chi connectivity index (χ0n) is 13.3. The van der Waals surface area contributed by atoms with E-state index in [-0.39, 0.29) is 0 Å². The maximum Gasteiger partial charge on any atom is 0.128 e. The highest BCUT2D eigenvalue weighted by atomic mass is 127. The van der Waals surface area contributed by atoms with Gasteiger partial charge in [-0.3, -0.25) is 0 Å². The molecular weight excluding hydrogens is 657 g/mol. The van der Waals surface area contributed by atoms with Gasteiger partial charge in [-0.05, 0) is 129 Å². The Morgan fingerprint density at radius 2 is 1.20 bits per heavy atom. The van der Waals surface area contributed by atoms with Crippen molar-refractivity contribution in [3.05, 3.63) is 83.0 Å². The fraction of sp³-hybridized carbons (Fsp3) is 0.0526.